The maximum absolute atomic E-state index is 10.7. The Hall–Kier alpha value is -0.260. The molecule has 0 aliphatic rings. The summed E-state index contributed by atoms with van der Waals surface area (Å²) >= 11 is 6.84. The SMILES string of the molecule is Nc1c(C(=O)[O-])sc2cc(Cl)ccc12.[Na+]. The van der Waals surface area contributed by atoms with E-state index in [1.165, 1.54) is 0 Å². The molecule has 0 unspecified atom stereocenters. The van der Waals surface area contributed by atoms with E-state index in [2.05, 4.69) is 0 Å². The van der Waals surface area contributed by atoms with Gasteiger partial charge < -0.3 is 15.6 Å². The Balaban J connectivity index is 0.00000112. The fourth-order valence-electron chi connectivity index (χ4n) is 1.24. The number of aromatic carboxylic acids is 1. The van der Waals surface area contributed by atoms with Gasteiger partial charge in [-0.15, -0.1) is 11.3 Å². The van der Waals surface area contributed by atoms with Gasteiger partial charge in [0, 0.05) is 15.1 Å². The molecule has 0 spiro atoms. The quantitative estimate of drug-likeness (QED) is 0.626. The number of carboxylic acid groups (broad SMARTS) is 1. The third kappa shape index (κ3) is 2.29. The van der Waals surface area contributed by atoms with Crippen molar-refractivity contribution in [3.05, 3.63) is 28.1 Å². The molecule has 0 saturated carbocycles. The first kappa shape index (κ1) is 12.8. The number of carboxylic acids is 1. The average Bonchev–Trinajstić information content (AvgIpc) is 2.43. The van der Waals surface area contributed by atoms with Gasteiger partial charge >= 0.3 is 29.6 Å². The molecular weight excluding hydrogens is 245 g/mol. The van der Waals surface area contributed by atoms with Crippen molar-refractivity contribution in [3.8, 4) is 0 Å². The van der Waals surface area contributed by atoms with Crippen LogP contribution in [-0.2, 0) is 0 Å². The fraction of sp³-hybridized carbons (Fsp3) is 0. The standard InChI is InChI=1S/C9H6ClNO2S.Na/c10-4-1-2-5-6(3-4)14-8(7(5)11)9(12)13;/h1-3H,11H2,(H,12,13);/q;+1/p-1. The van der Waals surface area contributed by atoms with Gasteiger partial charge in [0.25, 0.3) is 0 Å². The summed E-state index contributed by atoms with van der Waals surface area (Å²) in [6, 6.07) is 5.06. The maximum Gasteiger partial charge on any atom is 1.00 e. The van der Waals surface area contributed by atoms with Crippen LogP contribution < -0.4 is 40.4 Å². The predicted octanol–water partition coefficient (Wildman–Crippen LogP) is -1.50. The van der Waals surface area contributed by atoms with Gasteiger partial charge in [-0.25, -0.2) is 0 Å². The first-order valence-electron chi connectivity index (χ1n) is 3.78. The molecule has 0 aliphatic heterocycles. The van der Waals surface area contributed by atoms with Gasteiger partial charge in [0.05, 0.1) is 16.5 Å². The summed E-state index contributed by atoms with van der Waals surface area (Å²) in [6.45, 7) is 0. The number of carbonyl (C=O) groups excluding carboxylic acids is 1. The molecule has 3 nitrogen and oxygen atoms in total. The smallest absolute Gasteiger partial charge is 0.544 e. The van der Waals surface area contributed by atoms with Gasteiger partial charge in [0.2, 0.25) is 0 Å². The van der Waals surface area contributed by atoms with Crippen LogP contribution >= 0.6 is 22.9 Å². The monoisotopic (exact) mass is 249 g/mol. The van der Waals surface area contributed by atoms with Crippen LogP contribution in [0.2, 0.25) is 5.02 Å². The number of hydrogen-bond acceptors (Lipinski definition) is 4. The molecule has 6 heteroatoms. The molecule has 0 atom stereocenters. The molecule has 72 valence electrons. The van der Waals surface area contributed by atoms with Crippen molar-refractivity contribution in [2.75, 3.05) is 5.73 Å². The van der Waals surface area contributed by atoms with E-state index in [0.717, 1.165) is 16.0 Å². The first-order valence-corrected chi connectivity index (χ1v) is 4.98. The Kier molecular flexibility index (Phi) is 4.03. The third-order valence-electron chi connectivity index (χ3n) is 1.88. The van der Waals surface area contributed by atoms with E-state index in [0.29, 0.717) is 10.4 Å². The van der Waals surface area contributed by atoms with E-state index in [-0.39, 0.29) is 40.1 Å². The molecule has 0 radical (unpaired) electrons. The molecule has 1 aromatic carbocycles. The Morgan fingerprint density at radius 2 is 2.13 bits per heavy atom. The van der Waals surface area contributed by atoms with E-state index in [4.69, 9.17) is 17.3 Å². The van der Waals surface area contributed by atoms with Crippen molar-refractivity contribution in [3.63, 3.8) is 0 Å². The molecule has 2 aromatic rings. The second-order valence-corrected chi connectivity index (χ2v) is 4.26. The van der Waals surface area contributed by atoms with Gasteiger partial charge in [-0.2, -0.15) is 0 Å². The van der Waals surface area contributed by atoms with Gasteiger partial charge in [-0.3, -0.25) is 0 Å². The topological polar surface area (TPSA) is 66.2 Å². The Labute approximate surface area is 117 Å². The number of carbonyl (C=O) groups is 1. The molecular formula is C9H5ClNNaO2S. The van der Waals surface area contributed by atoms with E-state index in [9.17, 15) is 9.90 Å². The molecule has 2 N–H and O–H groups in total. The summed E-state index contributed by atoms with van der Waals surface area (Å²) in [4.78, 5) is 10.7. The molecule has 1 aromatic heterocycles. The summed E-state index contributed by atoms with van der Waals surface area (Å²) in [5.41, 5.74) is 5.89. The second-order valence-electron chi connectivity index (χ2n) is 2.77. The summed E-state index contributed by atoms with van der Waals surface area (Å²) in [5, 5.41) is 11.9. The van der Waals surface area contributed by atoms with Gasteiger partial charge in [-0.1, -0.05) is 11.6 Å². The van der Waals surface area contributed by atoms with Crippen LogP contribution in [0.5, 0.6) is 0 Å². The molecule has 0 fully saturated rings. The number of thiophene rings is 1. The third-order valence-corrected chi connectivity index (χ3v) is 3.26. The number of nitrogens with two attached hydrogens (primary N) is 1. The second kappa shape index (κ2) is 4.72. The fourth-order valence-corrected chi connectivity index (χ4v) is 2.48. The molecule has 0 bridgehead atoms. The summed E-state index contributed by atoms with van der Waals surface area (Å²) in [6.07, 6.45) is 0. The first-order chi connectivity index (χ1) is 6.59. The van der Waals surface area contributed by atoms with E-state index >= 15 is 0 Å². The predicted molar refractivity (Wildman–Crippen MR) is 55.6 cm³/mol. The van der Waals surface area contributed by atoms with Crippen molar-refractivity contribution in [2.45, 2.75) is 0 Å². The average molecular weight is 250 g/mol. The van der Waals surface area contributed by atoms with E-state index in [1.54, 1.807) is 18.2 Å². The molecule has 0 amide bonds. The summed E-state index contributed by atoms with van der Waals surface area (Å²) in [5.74, 6) is -1.25. The number of anilines is 1. The van der Waals surface area contributed by atoms with Gasteiger partial charge in [0.15, 0.2) is 0 Å². The van der Waals surface area contributed by atoms with Crippen molar-refractivity contribution >= 4 is 44.7 Å². The Morgan fingerprint density at radius 1 is 1.47 bits per heavy atom. The van der Waals surface area contributed by atoms with Crippen LogP contribution in [0, 0.1) is 0 Å². The molecule has 1 heterocycles. The largest absolute Gasteiger partial charge is 1.00 e. The summed E-state index contributed by atoms with van der Waals surface area (Å²) in [7, 11) is 0. The zero-order valence-electron chi connectivity index (χ0n) is 7.91. The molecule has 2 rings (SSSR count). The van der Waals surface area contributed by atoms with Crippen molar-refractivity contribution < 1.29 is 39.5 Å². The van der Waals surface area contributed by atoms with Crippen molar-refractivity contribution in [1.29, 1.82) is 0 Å². The number of hydrogen-bond donors (Lipinski definition) is 1. The minimum Gasteiger partial charge on any atom is -0.544 e. The van der Waals surface area contributed by atoms with Crippen LogP contribution in [0.1, 0.15) is 9.67 Å². The molecule has 0 aliphatic carbocycles. The van der Waals surface area contributed by atoms with Crippen molar-refractivity contribution in [2.24, 2.45) is 0 Å². The minimum absolute atomic E-state index is 0. The zero-order chi connectivity index (χ0) is 10.3. The molecule has 15 heavy (non-hydrogen) atoms. The van der Waals surface area contributed by atoms with E-state index in [1.807, 2.05) is 0 Å². The van der Waals surface area contributed by atoms with Gasteiger partial charge in [0.1, 0.15) is 0 Å². The zero-order valence-corrected chi connectivity index (χ0v) is 11.5. The number of nitrogen functional groups attached to an aromatic ring is 1. The maximum atomic E-state index is 10.7. The van der Waals surface area contributed by atoms with Crippen LogP contribution in [0.3, 0.4) is 0 Å². The summed E-state index contributed by atoms with van der Waals surface area (Å²) < 4.78 is 0.759. The Morgan fingerprint density at radius 3 is 2.73 bits per heavy atom. The minimum atomic E-state index is -1.25. The number of halogens is 1. The number of fused-ring (bicyclic) bond motifs is 1. The number of rotatable bonds is 1. The molecule has 0 saturated heterocycles. The van der Waals surface area contributed by atoms with Crippen LogP contribution in [-0.4, -0.2) is 5.97 Å². The van der Waals surface area contributed by atoms with Crippen LogP contribution in [0.25, 0.3) is 10.1 Å². The number of benzene rings is 1. The Bertz CT molecular complexity index is 526. The normalized spacial score (nSPS) is 9.93. The van der Waals surface area contributed by atoms with E-state index < -0.39 is 5.97 Å². The van der Waals surface area contributed by atoms with Crippen LogP contribution in [0.4, 0.5) is 5.69 Å². The van der Waals surface area contributed by atoms with Gasteiger partial charge in [-0.05, 0) is 18.2 Å². The van der Waals surface area contributed by atoms with Crippen molar-refractivity contribution in [1.82, 2.24) is 0 Å². The van der Waals surface area contributed by atoms with Crippen LogP contribution in [0.15, 0.2) is 18.2 Å².